The fourth-order valence-electron chi connectivity index (χ4n) is 5.27. The molecule has 2 aromatic carbocycles. The minimum Gasteiger partial charge on any atom is -0.481 e. The van der Waals surface area contributed by atoms with Crippen LogP contribution in [0.25, 0.3) is 11.1 Å². The van der Waals surface area contributed by atoms with Crippen LogP contribution in [0.2, 0.25) is 0 Å². The highest BCUT2D eigenvalue weighted by molar-refractivity contribution is 5.86. The smallest absolute Gasteiger partial charge is 0.407 e. The number of nitrogens with one attached hydrogen (secondary N) is 2. The molecule has 2 unspecified atom stereocenters. The Labute approximate surface area is 205 Å². The molecule has 1 fully saturated rings. The van der Waals surface area contributed by atoms with Crippen molar-refractivity contribution in [3.05, 3.63) is 59.7 Å². The number of methoxy groups -OCH3 is 1. The second-order valence-electron chi connectivity index (χ2n) is 9.29. The zero-order chi connectivity index (χ0) is 24.9. The summed E-state index contributed by atoms with van der Waals surface area (Å²) < 4.78 is 10.9. The molecule has 2 aromatic rings. The van der Waals surface area contributed by atoms with Crippen molar-refractivity contribution in [1.29, 1.82) is 0 Å². The molecule has 8 nitrogen and oxygen atoms in total. The van der Waals surface area contributed by atoms with Crippen LogP contribution in [0, 0.1) is 5.92 Å². The number of carboxylic acid groups (broad SMARTS) is 1. The molecule has 4 rings (SSSR count). The van der Waals surface area contributed by atoms with Crippen LogP contribution in [0.4, 0.5) is 4.79 Å². The van der Waals surface area contributed by atoms with Gasteiger partial charge < -0.3 is 25.2 Å². The van der Waals surface area contributed by atoms with Gasteiger partial charge in [-0.05, 0) is 47.9 Å². The van der Waals surface area contributed by atoms with E-state index in [9.17, 15) is 14.4 Å². The van der Waals surface area contributed by atoms with Crippen molar-refractivity contribution in [1.82, 2.24) is 10.6 Å². The lowest BCUT2D eigenvalue weighted by atomic mass is 9.98. The van der Waals surface area contributed by atoms with E-state index in [1.54, 1.807) is 6.92 Å². The maximum absolute atomic E-state index is 13.0. The number of aliphatic carboxylic acids is 1. The molecule has 3 N–H and O–H groups in total. The Bertz CT molecular complexity index is 1040. The Morgan fingerprint density at radius 2 is 1.66 bits per heavy atom. The van der Waals surface area contributed by atoms with Crippen molar-refractivity contribution >= 4 is 18.0 Å². The van der Waals surface area contributed by atoms with Gasteiger partial charge in [-0.25, -0.2) is 4.79 Å². The van der Waals surface area contributed by atoms with Gasteiger partial charge in [-0.2, -0.15) is 0 Å². The summed E-state index contributed by atoms with van der Waals surface area (Å²) in [5.41, 5.74) is 4.48. The van der Waals surface area contributed by atoms with Crippen LogP contribution < -0.4 is 10.6 Å². The first kappa shape index (κ1) is 24.7. The SMILES string of the molecule is COC(C)C(NC(=O)OCC1c2ccccc2-c2ccccc21)C(=O)N[C@@H]1CCC[C@H]1CC(=O)O. The average Bonchev–Trinajstić information content (AvgIpc) is 3.41. The molecule has 2 amide bonds. The number of ether oxygens (including phenoxy) is 2. The molecule has 0 heterocycles. The van der Waals surface area contributed by atoms with Crippen LogP contribution in [-0.4, -0.2) is 55.0 Å². The van der Waals surface area contributed by atoms with Crippen molar-refractivity contribution in [2.45, 2.75) is 56.7 Å². The fourth-order valence-corrected chi connectivity index (χ4v) is 5.27. The molecule has 0 saturated heterocycles. The zero-order valence-corrected chi connectivity index (χ0v) is 20.0. The van der Waals surface area contributed by atoms with Crippen molar-refractivity contribution in [3.63, 3.8) is 0 Å². The molecule has 0 spiro atoms. The third-order valence-corrected chi connectivity index (χ3v) is 7.16. The first-order valence-electron chi connectivity index (χ1n) is 12.1. The lowest BCUT2D eigenvalue weighted by Crippen LogP contribution is -2.55. The predicted molar refractivity (Wildman–Crippen MR) is 130 cm³/mol. The lowest BCUT2D eigenvalue weighted by molar-refractivity contribution is -0.138. The number of amides is 2. The Morgan fingerprint density at radius 3 is 2.26 bits per heavy atom. The summed E-state index contributed by atoms with van der Waals surface area (Å²) in [6, 6.07) is 14.9. The summed E-state index contributed by atoms with van der Waals surface area (Å²) >= 11 is 0. The Kier molecular flexibility index (Phi) is 7.70. The van der Waals surface area contributed by atoms with E-state index in [4.69, 9.17) is 14.6 Å². The van der Waals surface area contributed by atoms with E-state index in [1.165, 1.54) is 7.11 Å². The van der Waals surface area contributed by atoms with Crippen LogP contribution in [0.3, 0.4) is 0 Å². The normalized spacial score (nSPS) is 20.4. The molecule has 35 heavy (non-hydrogen) atoms. The molecule has 0 radical (unpaired) electrons. The lowest BCUT2D eigenvalue weighted by Gasteiger charge is -2.27. The number of rotatable bonds is 9. The van der Waals surface area contributed by atoms with E-state index >= 15 is 0 Å². The number of hydrogen-bond donors (Lipinski definition) is 3. The molecule has 0 aromatic heterocycles. The van der Waals surface area contributed by atoms with Crippen LogP contribution in [0.5, 0.6) is 0 Å². The minimum atomic E-state index is -0.971. The summed E-state index contributed by atoms with van der Waals surface area (Å²) in [6.07, 6.45) is 1.02. The Hall–Kier alpha value is -3.39. The number of carbonyl (C=O) groups excluding carboxylic acids is 2. The quantitative estimate of drug-likeness (QED) is 0.504. The number of alkyl carbamates (subject to hydrolysis) is 1. The first-order valence-corrected chi connectivity index (χ1v) is 12.1. The van der Waals surface area contributed by atoms with Gasteiger partial charge >= 0.3 is 12.1 Å². The van der Waals surface area contributed by atoms with Crippen molar-refractivity contribution in [2.75, 3.05) is 13.7 Å². The topological polar surface area (TPSA) is 114 Å². The van der Waals surface area contributed by atoms with Crippen molar-refractivity contribution in [3.8, 4) is 11.1 Å². The Morgan fingerprint density at radius 1 is 1.03 bits per heavy atom. The standard InChI is InChI=1S/C27H32N2O6/c1-16(34-2)25(26(32)28-23-13-7-8-17(23)14-24(30)31)29-27(33)35-15-22-20-11-5-3-9-18(20)19-10-4-6-12-21(19)22/h3-6,9-12,16-17,22-23,25H,7-8,13-15H2,1-2H3,(H,28,32)(H,29,33)(H,30,31)/t16?,17-,23+,25?/m0/s1. The van der Waals surface area contributed by atoms with Crippen molar-refractivity contribution < 1.29 is 29.0 Å². The molecule has 186 valence electrons. The number of hydrogen-bond acceptors (Lipinski definition) is 5. The van der Waals surface area contributed by atoms with Crippen LogP contribution in [0.15, 0.2) is 48.5 Å². The van der Waals surface area contributed by atoms with Gasteiger partial charge in [0.25, 0.3) is 0 Å². The van der Waals surface area contributed by atoms with Gasteiger partial charge in [0.1, 0.15) is 12.6 Å². The highest BCUT2D eigenvalue weighted by Crippen LogP contribution is 2.44. The van der Waals surface area contributed by atoms with E-state index < -0.39 is 30.1 Å². The summed E-state index contributed by atoms with van der Waals surface area (Å²) in [5.74, 6) is -1.50. The van der Waals surface area contributed by atoms with Gasteiger partial charge in [0.15, 0.2) is 0 Å². The van der Waals surface area contributed by atoms with Gasteiger partial charge in [0.2, 0.25) is 5.91 Å². The fraction of sp³-hybridized carbons (Fsp3) is 0.444. The summed E-state index contributed by atoms with van der Waals surface area (Å²) in [6.45, 7) is 1.83. The van der Waals surface area contributed by atoms with E-state index in [0.29, 0.717) is 6.42 Å². The van der Waals surface area contributed by atoms with Gasteiger partial charge in [0, 0.05) is 19.1 Å². The number of benzene rings is 2. The van der Waals surface area contributed by atoms with Gasteiger partial charge in [-0.15, -0.1) is 0 Å². The van der Waals surface area contributed by atoms with E-state index in [2.05, 4.69) is 22.8 Å². The highest BCUT2D eigenvalue weighted by Gasteiger charge is 2.35. The molecule has 2 aliphatic rings. The number of fused-ring (bicyclic) bond motifs is 3. The van der Waals surface area contributed by atoms with E-state index in [-0.39, 0.29) is 30.9 Å². The zero-order valence-electron chi connectivity index (χ0n) is 20.0. The maximum Gasteiger partial charge on any atom is 0.407 e. The predicted octanol–water partition coefficient (Wildman–Crippen LogP) is 3.69. The maximum atomic E-state index is 13.0. The molecule has 0 bridgehead atoms. The molecule has 2 aliphatic carbocycles. The average molecular weight is 481 g/mol. The third kappa shape index (κ3) is 5.48. The molecular formula is C27H32N2O6. The largest absolute Gasteiger partial charge is 0.481 e. The van der Waals surface area contributed by atoms with E-state index in [1.807, 2.05) is 36.4 Å². The summed E-state index contributed by atoms with van der Waals surface area (Å²) in [5, 5.41) is 14.7. The molecule has 1 saturated carbocycles. The Balaban J connectivity index is 1.40. The van der Waals surface area contributed by atoms with E-state index in [0.717, 1.165) is 35.1 Å². The highest BCUT2D eigenvalue weighted by atomic mass is 16.5. The number of carbonyl (C=O) groups is 3. The second-order valence-corrected chi connectivity index (χ2v) is 9.29. The van der Waals surface area contributed by atoms with Gasteiger partial charge in [0.05, 0.1) is 12.5 Å². The summed E-state index contributed by atoms with van der Waals surface area (Å²) in [7, 11) is 1.47. The first-order chi connectivity index (χ1) is 16.9. The molecular weight excluding hydrogens is 448 g/mol. The molecule has 4 atom stereocenters. The molecule has 0 aliphatic heterocycles. The second kappa shape index (κ2) is 10.9. The molecule has 8 heteroatoms. The monoisotopic (exact) mass is 480 g/mol. The van der Waals surface area contributed by atoms with Gasteiger partial charge in [-0.3, -0.25) is 9.59 Å². The van der Waals surface area contributed by atoms with Crippen molar-refractivity contribution in [2.24, 2.45) is 5.92 Å². The third-order valence-electron chi connectivity index (χ3n) is 7.16. The van der Waals surface area contributed by atoms with Crippen LogP contribution in [-0.2, 0) is 19.1 Å². The number of carboxylic acids is 1. The minimum absolute atomic E-state index is 0.00918. The van der Waals surface area contributed by atoms with Gasteiger partial charge in [-0.1, -0.05) is 55.0 Å². The summed E-state index contributed by atoms with van der Waals surface area (Å²) in [4.78, 5) is 37.0. The van der Waals surface area contributed by atoms with Crippen LogP contribution >= 0.6 is 0 Å². The van der Waals surface area contributed by atoms with Crippen LogP contribution in [0.1, 0.15) is 49.7 Å².